The van der Waals surface area contributed by atoms with Crippen molar-refractivity contribution in [3.8, 4) is 5.75 Å². The van der Waals surface area contributed by atoms with Crippen LogP contribution in [0.3, 0.4) is 0 Å². The molecule has 0 fully saturated rings. The van der Waals surface area contributed by atoms with Crippen LogP contribution in [0, 0.1) is 10.1 Å². The third-order valence-corrected chi connectivity index (χ3v) is 2.80. The monoisotopic (exact) mass is 283 g/mol. The molecule has 0 aromatic heterocycles. The smallest absolute Gasteiger partial charge is 0.269 e. The quantitative estimate of drug-likeness (QED) is 0.462. The van der Waals surface area contributed by atoms with Crippen LogP contribution < -0.4 is 4.74 Å². The number of aldehydes is 1. The number of nitro benzene ring substituents is 1. The molecule has 0 heterocycles. The molecular formula is C16H13NO4. The van der Waals surface area contributed by atoms with E-state index in [-0.39, 0.29) is 5.69 Å². The lowest BCUT2D eigenvalue weighted by Crippen LogP contribution is -1.96. The molecule has 0 amide bonds. The molecule has 0 saturated carbocycles. The Morgan fingerprint density at radius 3 is 2.48 bits per heavy atom. The molecule has 0 unspecified atom stereocenters. The fourth-order valence-electron chi connectivity index (χ4n) is 1.74. The predicted molar refractivity (Wildman–Crippen MR) is 79.5 cm³/mol. The van der Waals surface area contributed by atoms with E-state index < -0.39 is 4.92 Å². The molecular weight excluding hydrogens is 270 g/mol. The van der Waals surface area contributed by atoms with Gasteiger partial charge in [0.15, 0.2) is 6.29 Å². The zero-order valence-electron chi connectivity index (χ0n) is 11.1. The van der Waals surface area contributed by atoms with Crippen molar-refractivity contribution in [1.82, 2.24) is 0 Å². The Bertz CT molecular complexity index is 662. The van der Waals surface area contributed by atoms with Crippen LogP contribution in [-0.2, 0) is 0 Å². The van der Waals surface area contributed by atoms with Gasteiger partial charge in [-0.1, -0.05) is 18.2 Å². The second-order valence-electron chi connectivity index (χ2n) is 4.22. The predicted octanol–water partition coefficient (Wildman–Crippen LogP) is 3.50. The van der Waals surface area contributed by atoms with Gasteiger partial charge < -0.3 is 4.74 Å². The normalized spacial score (nSPS) is 10.5. The largest absolute Gasteiger partial charge is 0.489 e. The first-order valence-electron chi connectivity index (χ1n) is 6.28. The molecule has 0 radical (unpaired) electrons. The third kappa shape index (κ3) is 4.01. The highest BCUT2D eigenvalue weighted by molar-refractivity contribution is 5.79. The minimum absolute atomic E-state index is 0.0586. The van der Waals surface area contributed by atoms with E-state index in [1.807, 2.05) is 0 Å². The topological polar surface area (TPSA) is 69.4 Å². The average Bonchev–Trinajstić information content (AvgIpc) is 2.52. The Kier molecular flexibility index (Phi) is 4.82. The summed E-state index contributed by atoms with van der Waals surface area (Å²) in [6.07, 6.45) is 4.32. The number of nitro groups is 1. The fourth-order valence-corrected chi connectivity index (χ4v) is 1.74. The first kappa shape index (κ1) is 14.5. The van der Waals surface area contributed by atoms with E-state index in [0.29, 0.717) is 17.9 Å². The Labute approximate surface area is 121 Å². The van der Waals surface area contributed by atoms with E-state index in [9.17, 15) is 14.9 Å². The lowest BCUT2D eigenvalue weighted by molar-refractivity contribution is -0.384. The molecule has 5 nitrogen and oxygen atoms in total. The molecule has 0 bridgehead atoms. The maximum absolute atomic E-state index is 10.8. The highest BCUT2D eigenvalue weighted by Crippen LogP contribution is 2.16. The zero-order valence-corrected chi connectivity index (χ0v) is 11.1. The zero-order chi connectivity index (χ0) is 15.1. The Hall–Kier alpha value is -2.95. The standard InChI is InChI=1S/C16H13NO4/c18-12-14-5-1-2-6-16(14)21-11-3-4-13-7-9-15(10-8-13)17(19)20/h1-10,12H,11H2/b4-3+. The number of non-ortho nitro benzene ring substituents is 1. The van der Waals surface area contributed by atoms with Crippen LogP contribution in [0.2, 0.25) is 0 Å². The summed E-state index contributed by atoms with van der Waals surface area (Å²) in [5.41, 5.74) is 1.40. The number of ether oxygens (including phenoxy) is 1. The van der Waals surface area contributed by atoms with Gasteiger partial charge in [-0.2, -0.15) is 0 Å². The first-order valence-corrected chi connectivity index (χ1v) is 6.28. The number of hydrogen-bond donors (Lipinski definition) is 0. The second kappa shape index (κ2) is 7.00. The summed E-state index contributed by atoms with van der Waals surface area (Å²) in [5, 5.41) is 10.5. The van der Waals surface area contributed by atoms with Gasteiger partial charge in [-0.05, 0) is 35.9 Å². The summed E-state index contributed by atoms with van der Waals surface area (Å²) in [4.78, 5) is 20.9. The number of hydrogen-bond acceptors (Lipinski definition) is 4. The van der Waals surface area contributed by atoms with Crippen LogP contribution in [0.25, 0.3) is 6.08 Å². The molecule has 106 valence electrons. The van der Waals surface area contributed by atoms with Gasteiger partial charge in [-0.3, -0.25) is 14.9 Å². The van der Waals surface area contributed by atoms with Crippen LogP contribution in [0.1, 0.15) is 15.9 Å². The molecule has 5 heteroatoms. The van der Waals surface area contributed by atoms with Gasteiger partial charge in [0.25, 0.3) is 5.69 Å². The van der Waals surface area contributed by atoms with Crippen molar-refractivity contribution in [2.75, 3.05) is 6.61 Å². The van der Waals surface area contributed by atoms with Crippen molar-refractivity contribution in [3.63, 3.8) is 0 Å². The summed E-state index contributed by atoms with van der Waals surface area (Å²) in [6, 6.07) is 13.2. The molecule has 0 aliphatic heterocycles. The average molecular weight is 283 g/mol. The Morgan fingerprint density at radius 1 is 1.10 bits per heavy atom. The molecule has 0 spiro atoms. The van der Waals surface area contributed by atoms with Gasteiger partial charge in [0.2, 0.25) is 0 Å². The summed E-state index contributed by atoms with van der Waals surface area (Å²) >= 11 is 0. The van der Waals surface area contributed by atoms with E-state index >= 15 is 0 Å². The maximum Gasteiger partial charge on any atom is 0.269 e. The molecule has 21 heavy (non-hydrogen) atoms. The Balaban J connectivity index is 1.93. The van der Waals surface area contributed by atoms with Crippen molar-refractivity contribution in [1.29, 1.82) is 0 Å². The van der Waals surface area contributed by atoms with Crippen LogP contribution in [0.5, 0.6) is 5.75 Å². The minimum atomic E-state index is -0.438. The van der Waals surface area contributed by atoms with Crippen LogP contribution >= 0.6 is 0 Å². The van der Waals surface area contributed by atoms with E-state index in [1.165, 1.54) is 12.1 Å². The van der Waals surface area contributed by atoms with Gasteiger partial charge >= 0.3 is 0 Å². The van der Waals surface area contributed by atoms with E-state index in [1.54, 1.807) is 48.6 Å². The van der Waals surface area contributed by atoms with Gasteiger partial charge in [-0.25, -0.2) is 0 Å². The lowest BCUT2D eigenvalue weighted by atomic mass is 10.2. The number of benzene rings is 2. The summed E-state index contributed by atoms with van der Waals surface area (Å²) < 4.78 is 5.49. The highest BCUT2D eigenvalue weighted by Gasteiger charge is 2.02. The molecule has 0 aliphatic rings. The number of para-hydroxylation sites is 1. The molecule has 0 N–H and O–H groups in total. The molecule has 2 rings (SSSR count). The SMILES string of the molecule is O=Cc1ccccc1OC/C=C/c1ccc([N+](=O)[O-])cc1. The molecule has 2 aromatic rings. The third-order valence-electron chi connectivity index (χ3n) is 2.80. The van der Waals surface area contributed by atoms with E-state index in [2.05, 4.69) is 0 Å². The van der Waals surface area contributed by atoms with Crippen molar-refractivity contribution in [3.05, 3.63) is 75.8 Å². The van der Waals surface area contributed by atoms with Gasteiger partial charge in [-0.15, -0.1) is 0 Å². The molecule has 0 atom stereocenters. The summed E-state index contributed by atoms with van der Waals surface area (Å²) in [5.74, 6) is 0.529. The van der Waals surface area contributed by atoms with Crippen LogP contribution in [0.15, 0.2) is 54.6 Å². The summed E-state index contributed by atoms with van der Waals surface area (Å²) in [7, 11) is 0. The van der Waals surface area contributed by atoms with Crippen molar-refractivity contribution >= 4 is 18.0 Å². The van der Waals surface area contributed by atoms with Crippen molar-refractivity contribution in [2.24, 2.45) is 0 Å². The highest BCUT2D eigenvalue weighted by atomic mass is 16.6. The van der Waals surface area contributed by atoms with Crippen molar-refractivity contribution < 1.29 is 14.5 Å². The van der Waals surface area contributed by atoms with Gasteiger partial charge in [0.1, 0.15) is 12.4 Å². The van der Waals surface area contributed by atoms with Crippen LogP contribution in [0.4, 0.5) is 5.69 Å². The molecule has 2 aromatic carbocycles. The minimum Gasteiger partial charge on any atom is -0.489 e. The van der Waals surface area contributed by atoms with Crippen LogP contribution in [-0.4, -0.2) is 17.8 Å². The maximum atomic E-state index is 10.8. The molecule has 0 saturated heterocycles. The number of carbonyl (C=O) groups excluding carboxylic acids is 1. The van der Waals surface area contributed by atoms with E-state index in [0.717, 1.165) is 11.8 Å². The fraction of sp³-hybridized carbons (Fsp3) is 0.0625. The Morgan fingerprint density at radius 2 is 1.81 bits per heavy atom. The first-order chi connectivity index (χ1) is 10.2. The molecule has 0 aliphatic carbocycles. The number of nitrogens with zero attached hydrogens (tertiary/aromatic N) is 1. The van der Waals surface area contributed by atoms with Gasteiger partial charge in [0, 0.05) is 12.1 Å². The van der Waals surface area contributed by atoms with Gasteiger partial charge in [0.05, 0.1) is 10.5 Å². The second-order valence-corrected chi connectivity index (χ2v) is 4.22. The van der Waals surface area contributed by atoms with Crippen molar-refractivity contribution in [2.45, 2.75) is 0 Å². The summed E-state index contributed by atoms with van der Waals surface area (Å²) in [6.45, 7) is 0.307. The number of carbonyl (C=O) groups is 1. The van der Waals surface area contributed by atoms with E-state index in [4.69, 9.17) is 4.74 Å². The number of rotatable bonds is 6. The lowest BCUT2D eigenvalue weighted by Gasteiger charge is -2.04.